The Labute approximate surface area is 192 Å². The van der Waals surface area contributed by atoms with Gasteiger partial charge in [0.1, 0.15) is 0 Å². The second kappa shape index (κ2) is 10.0. The summed E-state index contributed by atoms with van der Waals surface area (Å²) in [6, 6.07) is 10.2. The third-order valence-electron chi connectivity index (χ3n) is 5.87. The zero-order valence-electron chi connectivity index (χ0n) is 17.3. The van der Waals surface area contributed by atoms with Gasteiger partial charge in [-0.2, -0.15) is 4.31 Å². The number of benzene rings is 1. The van der Waals surface area contributed by atoms with E-state index in [1.807, 2.05) is 22.4 Å². The average Bonchev–Trinajstić information content (AvgIpc) is 3.48. The van der Waals surface area contributed by atoms with Gasteiger partial charge < -0.3 is 9.64 Å². The van der Waals surface area contributed by atoms with E-state index in [9.17, 15) is 13.2 Å². The molecule has 0 radical (unpaired) electrons. The number of rotatable bonds is 7. The maximum atomic E-state index is 13.5. The van der Waals surface area contributed by atoms with Crippen molar-refractivity contribution in [2.45, 2.75) is 43.2 Å². The number of amides is 1. The second-order valence-corrected chi connectivity index (χ2v) is 11.5. The van der Waals surface area contributed by atoms with Crippen LogP contribution in [0.15, 0.2) is 46.7 Å². The van der Waals surface area contributed by atoms with Crippen molar-refractivity contribution in [2.75, 3.05) is 26.2 Å². The van der Waals surface area contributed by atoms with Gasteiger partial charge in [-0.25, -0.2) is 8.42 Å². The van der Waals surface area contributed by atoms with Gasteiger partial charge in [-0.05, 0) is 61.4 Å². The number of halogens is 1. The van der Waals surface area contributed by atoms with Crippen LogP contribution < -0.4 is 0 Å². The van der Waals surface area contributed by atoms with E-state index in [0.717, 1.165) is 24.3 Å². The SMILES string of the molecule is O=C(C1CCCN(S(=O)(=O)c2ccc(Cl)cc2)C1)N(Cc1cccs1)CC1CCCO1. The normalized spacial score (nSPS) is 22.5. The van der Waals surface area contributed by atoms with Crippen LogP contribution in [0.5, 0.6) is 0 Å². The molecule has 31 heavy (non-hydrogen) atoms. The number of hydrogen-bond donors (Lipinski definition) is 0. The van der Waals surface area contributed by atoms with Gasteiger partial charge in [0, 0.05) is 36.1 Å². The molecule has 0 N–H and O–H groups in total. The Balaban J connectivity index is 1.49. The third-order valence-corrected chi connectivity index (χ3v) is 8.86. The van der Waals surface area contributed by atoms with Gasteiger partial charge in [-0.3, -0.25) is 4.79 Å². The van der Waals surface area contributed by atoms with Crippen LogP contribution in [-0.4, -0.2) is 55.9 Å². The monoisotopic (exact) mass is 482 g/mol. The Hall–Kier alpha value is -1.45. The summed E-state index contributed by atoms with van der Waals surface area (Å²) in [5, 5.41) is 2.49. The van der Waals surface area contributed by atoms with Crippen molar-refractivity contribution in [2.24, 2.45) is 5.92 Å². The summed E-state index contributed by atoms with van der Waals surface area (Å²) in [6.45, 7) is 2.46. The minimum atomic E-state index is -3.66. The van der Waals surface area contributed by atoms with E-state index >= 15 is 0 Å². The maximum absolute atomic E-state index is 13.5. The van der Waals surface area contributed by atoms with Crippen LogP contribution in [0.1, 0.15) is 30.6 Å². The summed E-state index contributed by atoms with van der Waals surface area (Å²) in [5.74, 6) is -0.336. The van der Waals surface area contributed by atoms with Crippen LogP contribution in [0, 0.1) is 5.92 Å². The lowest BCUT2D eigenvalue weighted by Crippen LogP contribution is -2.47. The van der Waals surface area contributed by atoms with Crippen molar-refractivity contribution in [3.05, 3.63) is 51.7 Å². The molecule has 168 valence electrons. The number of piperidine rings is 1. The summed E-state index contributed by atoms with van der Waals surface area (Å²) >= 11 is 7.53. The molecule has 0 bridgehead atoms. The van der Waals surface area contributed by atoms with Gasteiger partial charge in [-0.15, -0.1) is 11.3 Å². The van der Waals surface area contributed by atoms with E-state index in [1.165, 1.54) is 16.4 Å². The van der Waals surface area contributed by atoms with Crippen molar-refractivity contribution in [1.82, 2.24) is 9.21 Å². The minimum absolute atomic E-state index is 0.0138. The molecule has 2 atom stereocenters. The lowest BCUT2D eigenvalue weighted by molar-refractivity contribution is -0.139. The van der Waals surface area contributed by atoms with Gasteiger partial charge in [0.2, 0.25) is 15.9 Å². The quantitative estimate of drug-likeness (QED) is 0.598. The summed E-state index contributed by atoms with van der Waals surface area (Å²) in [5.41, 5.74) is 0. The first kappa shape index (κ1) is 22.7. The molecule has 3 heterocycles. The molecule has 9 heteroatoms. The first-order valence-electron chi connectivity index (χ1n) is 10.6. The highest BCUT2D eigenvalue weighted by Gasteiger charge is 2.36. The summed E-state index contributed by atoms with van der Waals surface area (Å²) < 4.78 is 33.4. The molecular formula is C22H27ClN2O4S2. The van der Waals surface area contributed by atoms with Gasteiger partial charge >= 0.3 is 0 Å². The number of ether oxygens (including phenoxy) is 1. The van der Waals surface area contributed by atoms with Crippen molar-refractivity contribution >= 4 is 38.9 Å². The fourth-order valence-corrected chi connectivity index (χ4v) is 6.60. The Bertz CT molecular complexity index is 973. The zero-order chi connectivity index (χ0) is 21.8. The van der Waals surface area contributed by atoms with Crippen molar-refractivity contribution < 1.29 is 17.9 Å². The largest absolute Gasteiger partial charge is 0.376 e. The van der Waals surface area contributed by atoms with Crippen molar-refractivity contribution in [3.63, 3.8) is 0 Å². The Morgan fingerprint density at radius 2 is 2.00 bits per heavy atom. The topological polar surface area (TPSA) is 66.9 Å². The highest BCUT2D eigenvalue weighted by atomic mass is 35.5. The minimum Gasteiger partial charge on any atom is -0.376 e. The van der Waals surface area contributed by atoms with E-state index in [0.29, 0.717) is 37.5 Å². The first-order chi connectivity index (χ1) is 14.9. The molecular weight excluding hydrogens is 456 g/mol. The standard InChI is InChI=1S/C22H27ClN2O4S2/c23-18-7-9-21(10-8-18)31(27,28)25-11-1-4-17(14-25)22(26)24(15-19-5-2-12-29-19)16-20-6-3-13-30-20/h3,6-10,13,17,19H,1-2,4-5,11-12,14-16H2. The summed E-state index contributed by atoms with van der Waals surface area (Å²) in [4.78, 5) is 16.7. The van der Waals surface area contributed by atoms with Gasteiger partial charge in [-0.1, -0.05) is 17.7 Å². The van der Waals surface area contributed by atoms with Gasteiger partial charge in [0.15, 0.2) is 0 Å². The van der Waals surface area contributed by atoms with E-state index in [-0.39, 0.29) is 29.4 Å². The molecule has 0 saturated carbocycles. The molecule has 1 aromatic heterocycles. The van der Waals surface area contributed by atoms with Crippen LogP contribution in [-0.2, 0) is 26.1 Å². The fourth-order valence-electron chi connectivity index (χ4n) is 4.23. The number of hydrogen-bond acceptors (Lipinski definition) is 5. The molecule has 1 aromatic carbocycles. The van der Waals surface area contributed by atoms with Gasteiger partial charge in [0.25, 0.3) is 0 Å². The molecule has 2 aliphatic rings. The Morgan fingerprint density at radius 1 is 1.19 bits per heavy atom. The molecule has 2 fully saturated rings. The van der Waals surface area contributed by atoms with E-state index in [2.05, 4.69) is 0 Å². The van der Waals surface area contributed by atoms with Crippen LogP contribution in [0.25, 0.3) is 0 Å². The molecule has 2 aliphatic heterocycles. The number of thiophene rings is 1. The van der Waals surface area contributed by atoms with Gasteiger partial charge in [0.05, 0.1) is 23.5 Å². The Morgan fingerprint density at radius 3 is 2.68 bits per heavy atom. The number of carbonyl (C=O) groups is 1. The van der Waals surface area contributed by atoms with Crippen LogP contribution in [0.3, 0.4) is 0 Å². The van der Waals surface area contributed by atoms with Crippen molar-refractivity contribution in [1.29, 1.82) is 0 Å². The molecule has 4 rings (SSSR count). The first-order valence-corrected chi connectivity index (χ1v) is 13.3. The zero-order valence-corrected chi connectivity index (χ0v) is 19.7. The Kier molecular flexibility index (Phi) is 7.33. The molecule has 6 nitrogen and oxygen atoms in total. The average molecular weight is 483 g/mol. The predicted octanol–water partition coefficient (Wildman–Crippen LogP) is 4.01. The summed E-state index contributed by atoms with van der Waals surface area (Å²) in [6.07, 6.45) is 3.38. The molecule has 2 aromatic rings. The van der Waals surface area contributed by atoms with Crippen molar-refractivity contribution in [3.8, 4) is 0 Å². The maximum Gasteiger partial charge on any atom is 0.243 e. The molecule has 1 amide bonds. The lowest BCUT2D eigenvalue weighted by Gasteiger charge is -2.35. The van der Waals surface area contributed by atoms with E-state index < -0.39 is 10.0 Å². The van der Waals surface area contributed by atoms with E-state index in [4.69, 9.17) is 16.3 Å². The van der Waals surface area contributed by atoms with Crippen LogP contribution in [0.2, 0.25) is 5.02 Å². The number of carbonyl (C=O) groups excluding carboxylic acids is 1. The molecule has 0 aliphatic carbocycles. The third kappa shape index (κ3) is 5.49. The van der Waals surface area contributed by atoms with E-state index in [1.54, 1.807) is 23.5 Å². The molecule has 2 saturated heterocycles. The number of sulfonamides is 1. The molecule has 0 spiro atoms. The predicted molar refractivity (Wildman–Crippen MR) is 122 cm³/mol. The van der Waals surface area contributed by atoms with Crippen LogP contribution >= 0.6 is 22.9 Å². The number of nitrogens with zero attached hydrogens (tertiary/aromatic N) is 2. The lowest BCUT2D eigenvalue weighted by atomic mass is 9.97. The molecule has 2 unspecified atom stereocenters. The highest BCUT2D eigenvalue weighted by Crippen LogP contribution is 2.27. The fraction of sp³-hybridized carbons (Fsp3) is 0.500. The highest BCUT2D eigenvalue weighted by molar-refractivity contribution is 7.89. The second-order valence-electron chi connectivity index (χ2n) is 8.09. The summed E-state index contributed by atoms with van der Waals surface area (Å²) in [7, 11) is -3.66. The van der Waals surface area contributed by atoms with Crippen LogP contribution in [0.4, 0.5) is 0 Å². The smallest absolute Gasteiger partial charge is 0.243 e.